The average Bonchev–Trinajstić information content (AvgIpc) is 3.03. The molecule has 1 fully saturated rings. The number of likely N-dealkylation sites (tertiary alicyclic amines) is 1. The van der Waals surface area contributed by atoms with Crippen molar-refractivity contribution in [1.82, 2.24) is 9.80 Å². The molecular weight excluding hydrogens is 332 g/mol. The second kappa shape index (κ2) is 7.18. The number of ether oxygens (including phenoxy) is 1. The molecule has 4 rings (SSSR count). The third-order valence-electron chi connectivity index (χ3n) is 5.16. The van der Waals surface area contributed by atoms with Crippen molar-refractivity contribution in [2.45, 2.75) is 32.4 Å². The highest BCUT2D eigenvalue weighted by atomic mass is 32.1. The van der Waals surface area contributed by atoms with Crippen molar-refractivity contribution in [2.75, 3.05) is 26.2 Å². The molecule has 0 unspecified atom stereocenters. The van der Waals surface area contributed by atoms with Gasteiger partial charge >= 0.3 is 0 Å². The Morgan fingerprint density at radius 2 is 2.04 bits per heavy atom. The van der Waals surface area contributed by atoms with Gasteiger partial charge in [0.1, 0.15) is 5.75 Å². The molecule has 3 heterocycles. The van der Waals surface area contributed by atoms with Gasteiger partial charge in [-0.3, -0.25) is 9.69 Å². The van der Waals surface area contributed by atoms with E-state index >= 15 is 0 Å². The first-order chi connectivity index (χ1) is 12.2. The molecule has 2 aliphatic rings. The molecule has 0 aliphatic carbocycles. The largest absolute Gasteiger partial charge is 0.494 e. The van der Waals surface area contributed by atoms with Crippen LogP contribution in [0.15, 0.2) is 35.7 Å². The van der Waals surface area contributed by atoms with Crippen LogP contribution < -0.4 is 4.74 Å². The Morgan fingerprint density at radius 3 is 2.80 bits per heavy atom. The molecule has 25 heavy (non-hydrogen) atoms. The third kappa shape index (κ3) is 3.58. The van der Waals surface area contributed by atoms with Gasteiger partial charge in [-0.05, 0) is 48.1 Å². The fraction of sp³-hybridized carbons (Fsp3) is 0.450. The van der Waals surface area contributed by atoms with Crippen LogP contribution in [-0.2, 0) is 24.2 Å². The van der Waals surface area contributed by atoms with E-state index in [9.17, 15) is 4.79 Å². The molecule has 1 saturated heterocycles. The van der Waals surface area contributed by atoms with Crippen molar-refractivity contribution in [3.8, 4) is 5.75 Å². The Balaban J connectivity index is 1.27. The summed E-state index contributed by atoms with van der Waals surface area (Å²) in [7, 11) is 0. The van der Waals surface area contributed by atoms with E-state index in [0.29, 0.717) is 19.1 Å². The van der Waals surface area contributed by atoms with Gasteiger partial charge in [0.05, 0.1) is 13.0 Å². The van der Waals surface area contributed by atoms with Crippen LogP contribution in [0.3, 0.4) is 0 Å². The Morgan fingerprint density at radius 1 is 1.24 bits per heavy atom. The molecule has 0 atom stereocenters. The summed E-state index contributed by atoms with van der Waals surface area (Å²) in [5.74, 6) is 1.09. The number of carbonyl (C=O) groups is 1. The Labute approximate surface area is 153 Å². The van der Waals surface area contributed by atoms with Gasteiger partial charge < -0.3 is 9.64 Å². The third-order valence-corrected chi connectivity index (χ3v) is 6.18. The van der Waals surface area contributed by atoms with Crippen LogP contribution in [0.25, 0.3) is 0 Å². The van der Waals surface area contributed by atoms with Crippen LogP contribution >= 0.6 is 11.3 Å². The normalized spacial score (nSPS) is 17.9. The van der Waals surface area contributed by atoms with Gasteiger partial charge in [0.15, 0.2) is 0 Å². The second-order valence-electron chi connectivity index (χ2n) is 6.80. The molecule has 0 N–H and O–H groups in total. The van der Waals surface area contributed by atoms with Gasteiger partial charge in [0.2, 0.25) is 5.91 Å². The summed E-state index contributed by atoms with van der Waals surface area (Å²) in [6.45, 7) is 6.55. The predicted molar refractivity (Wildman–Crippen MR) is 100 cm³/mol. The molecule has 2 aromatic rings. The highest BCUT2D eigenvalue weighted by molar-refractivity contribution is 7.10. The number of fused-ring (bicyclic) bond motifs is 1. The number of nitrogens with zero attached hydrogens (tertiary/aromatic N) is 2. The quantitative estimate of drug-likeness (QED) is 0.826. The number of amides is 1. The Kier molecular flexibility index (Phi) is 4.77. The zero-order valence-electron chi connectivity index (χ0n) is 14.6. The lowest BCUT2D eigenvalue weighted by atomic mass is 10.0. The van der Waals surface area contributed by atoms with E-state index in [2.05, 4.69) is 16.3 Å². The summed E-state index contributed by atoms with van der Waals surface area (Å²) in [4.78, 5) is 18.5. The first-order valence-electron chi connectivity index (χ1n) is 9.01. The van der Waals surface area contributed by atoms with E-state index in [1.165, 1.54) is 5.56 Å². The van der Waals surface area contributed by atoms with E-state index in [0.717, 1.165) is 43.9 Å². The van der Waals surface area contributed by atoms with Crippen molar-refractivity contribution in [1.29, 1.82) is 0 Å². The van der Waals surface area contributed by atoms with Crippen molar-refractivity contribution in [3.05, 3.63) is 51.7 Å². The molecule has 0 spiro atoms. The maximum Gasteiger partial charge on any atom is 0.227 e. The number of carbonyl (C=O) groups excluding carboxylic acids is 1. The average molecular weight is 356 g/mol. The van der Waals surface area contributed by atoms with E-state index in [1.807, 2.05) is 47.4 Å². The minimum Gasteiger partial charge on any atom is -0.494 e. The number of benzene rings is 1. The van der Waals surface area contributed by atoms with E-state index in [1.54, 1.807) is 4.88 Å². The number of hydrogen-bond acceptors (Lipinski definition) is 4. The lowest BCUT2D eigenvalue weighted by Gasteiger charge is -2.46. The van der Waals surface area contributed by atoms with Crippen molar-refractivity contribution in [2.24, 2.45) is 0 Å². The van der Waals surface area contributed by atoms with E-state index in [4.69, 9.17) is 4.74 Å². The van der Waals surface area contributed by atoms with E-state index < -0.39 is 0 Å². The smallest absolute Gasteiger partial charge is 0.227 e. The maximum absolute atomic E-state index is 12.5. The molecule has 5 heteroatoms. The van der Waals surface area contributed by atoms with Crippen molar-refractivity contribution < 1.29 is 9.53 Å². The lowest BCUT2D eigenvalue weighted by Crippen LogP contribution is -2.61. The zero-order valence-corrected chi connectivity index (χ0v) is 15.4. The van der Waals surface area contributed by atoms with Crippen LogP contribution in [0.5, 0.6) is 5.75 Å². The summed E-state index contributed by atoms with van der Waals surface area (Å²) in [6.07, 6.45) is 1.64. The fourth-order valence-electron chi connectivity index (χ4n) is 3.63. The molecule has 0 saturated carbocycles. The summed E-state index contributed by atoms with van der Waals surface area (Å²) in [5, 5.41) is 2.20. The second-order valence-corrected chi connectivity index (χ2v) is 7.80. The van der Waals surface area contributed by atoms with Gasteiger partial charge in [-0.2, -0.15) is 0 Å². The standard InChI is InChI=1S/C20H24N2O2S/c1-2-24-18-5-3-15(4-6-18)11-20(23)22-13-17(14-22)21-9-7-19-16(12-21)8-10-25-19/h3-6,8,10,17H,2,7,9,11-14H2,1H3. The van der Waals surface area contributed by atoms with Crippen LogP contribution in [0, 0.1) is 0 Å². The minimum atomic E-state index is 0.230. The fourth-order valence-corrected chi connectivity index (χ4v) is 4.52. The predicted octanol–water partition coefficient (Wildman–Crippen LogP) is 2.96. The molecule has 1 aromatic heterocycles. The zero-order chi connectivity index (χ0) is 17.2. The summed E-state index contributed by atoms with van der Waals surface area (Å²) < 4.78 is 5.45. The van der Waals surface area contributed by atoms with Crippen molar-refractivity contribution >= 4 is 17.2 Å². The monoisotopic (exact) mass is 356 g/mol. The summed E-state index contributed by atoms with van der Waals surface area (Å²) in [6, 6.07) is 10.6. The number of hydrogen-bond donors (Lipinski definition) is 0. The molecule has 1 amide bonds. The molecule has 0 bridgehead atoms. The van der Waals surface area contributed by atoms with E-state index in [-0.39, 0.29) is 5.91 Å². The number of rotatable bonds is 5. The lowest BCUT2D eigenvalue weighted by molar-refractivity contribution is -0.138. The topological polar surface area (TPSA) is 32.8 Å². The maximum atomic E-state index is 12.5. The Bertz CT molecular complexity index is 734. The van der Waals surface area contributed by atoms with Crippen molar-refractivity contribution in [3.63, 3.8) is 0 Å². The first kappa shape index (κ1) is 16.6. The highest BCUT2D eigenvalue weighted by Gasteiger charge is 2.35. The van der Waals surface area contributed by atoms with Crippen LogP contribution in [0.2, 0.25) is 0 Å². The SMILES string of the molecule is CCOc1ccc(CC(=O)N2CC(N3CCc4sccc4C3)C2)cc1. The Hall–Kier alpha value is -1.85. The minimum absolute atomic E-state index is 0.230. The van der Waals surface area contributed by atoms with Gasteiger partial charge in [0, 0.05) is 37.1 Å². The van der Waals surface area contributed by atoms with Gasteiger partial charge in [-0.25, -0.2) is 0 Å². The highest BCUT2D eigenvalue weighted by Crippen LogP contribution is 2.28. The molecule has 1 aromatic carbocycles. The van der Waals surface area contributed by atoms with Gasteiger partial charge in [-0.15, -0.1) is 11.3 Å². The number of thiophene rings is 1. The van der Waals surface area contributed by atoms with Crippen LogP contribution in [0.1, 0.15) is 22.9 Å². The molecule has 4 nitrogen and oxygen atoms in total. The molecule has 2 aliphatic heterocycles. The summed E-state index contributed by atoms with van der Waals surface area (Å²) >= 11 is 1.88. The molecular formula is C20H24N2O2S. The molecule has 132 valence electrons. The summed E-state index contributed by atoms with van der Waals surface area (Å²) in [5.41, 5.74) is 2.54. The molecule has 0 radical (unpaired) electrons. The van der Waals surface area contributed by atoms with Gasteiger partial charge in [-0.1, -0.05) is 12.1 Å². The van der Waals surface area contributed by atoms with Gasteiger partial charge in [0.25, 0.3) is 0 Å². The van der Waals surface area contributed by atoms with Crippen LogP contribution in [0.4, 0.5) is 0 Å². The first-order valence-corrected chi connectivity index (χ1v) is 9.89. The van der Waals surface area contributed by atoms with Crippen LogP contribution in [-0.4, -0.2) is 48.0 Å².